The number of alkyl halides is 6. The number of halogens is 6. The number of Topliss-reactive ketones (excluding diaryl/α,β-unsaturated/α-hetero) is 1. The second-order valence-electron chi connectivity index (χ2n) is 6.38. The van der Waals surface area contributed by atoms with E-state index in [1.165, 1.54) is 13.0 Å². The van der Waals surface area contributed by atoms with Crippen molar-refractivity contribution >= 4 is 29.0 Å². The highest BCUT2D eigenvalue weighted by molar-refractivity contribution is 7.14. The number of hydrogen-bond acceptors (Lipinski definition) is 5. The molecule has 2 rings (SSSR count). The van der Waals surface area contributed by atoms with Gasteiger partial charge in [-0.2, -0.15) is 26.3 Å². The third kappa shape index (κ3) is 6.54. The topological polar surface area (TPSA) is 72.5 Å². The Hall–Kier alpha value is -2.89. The largest absolute Gasteiger partial charge is 0.451 e. The summed E-state index contributed by atoms with van der Waals surface area (Å²) in [6, 6.07) is 3.29. The van der Waals surface area contributed by atoms with Crippen molar-refractivity contribution in [1.29, 1.82) is 0 Å². The molecule has 1 amide bonds. The van der Waals surface area contributed by atoms with E-state index >= 15 is 0 Å². The minimum atomic E-state index is -5.13. The summed E-state index contributed by atoms with van der Waals surface area (Å²) < 4.78 is 82.4. The Bertz CT molecular complexity index is 964. The molecule has 5 nitrogen and oxygen atoms in total. The molecule has 12 heteroatoms. The number of benzene rings is 1. The lowest BCUT2D eigenvalue weighted by Gasteiger charge is -2.15. The molecule has 2 aromatic rings. The number of amides is 1. The first-order chi connectivity index (χ1) is 14.2. The van der Waals surface area contributed by atoms with Crippen molar-refractivity contribution in [1.82, 2.24) is 5.32 Å². The molecule has 1 aromatic heterocycles. The van der Waals surface area contributed by atoms with Crippen LogP contribution in [0.4, 0.5) is 26.3 Å². The van der Waals surface area contributed by atoms with Gasteiger partial charge in [-0.25, -0.2) is 4.79 Å². The highest BCUT2D eigenvalue weighted by Gasteiger charge is 2.38. The number of carbonyl (C=O) groups is 3. The van der Waals surface area contributed by atoms with Crippen LogP contribution in [0, 0.1) is 0 Å². The Kier molecular flexibility index (Phi) is 7.14. The zero-order valence-electron chi connectivity index (χ0n) is 16.0. The fourth-order valence-corrected chi connectivity index (χ4v) is 3.34. The van der Waals surface area contributed by atoms with Gasteiger partial charge in [-0.15, -0.1) is 11.3 Å². The average molecular weight is 467 g/mol. The van der Waals surface area contributed by atoms with Crippen LogP contribution in [0.3, 0.4) is 0 Å². The van der Waals surface area contributed by atoms with Crippen molar-refractivity contribution < 1.29 is 45.5 Å². The van der Waals surface area contributed by atoms with Crippen molar-refractivity contribution in [2.45, 2.75) is 38.8 Å². The Morgan fingerprint density at radius 2 is 1.55 bits per heavy atom. The number of carbonyl (C=O) groups excluding carboxylic acids is 3. The summed E-state index contributed by atoms with van der Waals surface area (Å²) >= 11 is 0.993. The molecule has 0 saturated carbocycles. The van der Waals surface area contributed by atoms with Gasteiger partial charge in [0.15, 0.2) is 6.10 Å². The van der Waals surface area contributed by atoms with Gasteiger partial charge in [0.2, 0.25) is 11.7 Å². The highest BCUT2D eigenvalue weighted by Crippen LogP contribution is 2.36. The quantitative estimate of drug-likeness (QED) is 0.375. The molecule has 0 aliphatic rings. The number of thiophene rings is 1. The van der Waals surface area contributed by atoms with Gasteiger partial charge in [-0.3, -0.25) is 9.59 Å². The SMILES string of the molecule is CC(=O)NCc1ccc(C(=O)C(C)OC(=O)c2cc(C(F)(F)F)cc(C(F)(F)F)c2)s1. The molecule has 1 aromatic carbocycles. The standard InChI is InChI=1S/C19H15F6NO4S/c1-9(16(28)15-4-3-14(31-15)8-26-10(2)27)30-17(29)11-5-12(18(20,21)22)7-13(6-11)19(23,24)25/h3-7,9H,8H2,1-2H3,(H,26,27). The summed E-state index contributed by atoms with van der Waals surface area (Å²) in [6.07, 6.45) is -11.7. The van der Waals surface area contributed by atoms with Crippen LogP contribution in [0.2, 0.25) is 0 Å². The van der Waals surface area contributed by atoms with Crippen LogP contribution in [0.15, 0.2) is 30.3 Å². The predicted octanol–water partition coefficient (Wildman–Crippen LogP) is 4.85. The molecule has 0 aliphatic heterocycles. The summed E-state index contributed by atoms with van der Waals surface area (Å²) in [5.41, 5.74) is -4.33. The minimum Gasteiger partial charge on any atom is -0.451 e. The van der Waals surface area contributed by atoms with E-state index in [1.54, 1.807) is 6.07 Å². The smallest absolute Gasteiger partial charge is 0.416 e. The van der Waals surface area contributed by atoms with Gasteiger partial charge in [0, 0.05) is 11.8 Å². The Labute approximate surface area is 176 Å². The van der Waals surface area contributed by atoms with Gasteiger partial charge in [0.1, 0.15) is 0 Å². The second-order valence-corrected chi connectivity index (χ2v) is 7.55. The fraction of sp³-hybridized carbons (Fsp3) is 0.316. The molecule has 0 aliphatic carbocycles. The lowest BCUT2D eigenvalue weighted by Crippen LogP contribution is -2.24. The Morgan fingerprint density at radius 3 is 2.03 bits per heavy atom. The van der Waals surface area contributed by atoms with Crippen molar-refractivity contribution in [3.05, 3.63) is 56.8 Å². The minimum absolute atomic E-state index is 0.117. The predicted molar refractivity (Wildman–Crippen MR) is 97.5 cm³/mol. The van der Waals surface area contributed by atoms with Crippen molar-refractivity contribution in [2.24, 2.45) is 0 Å². The lowest BCUT2D eigenvalue weighted by molar-refractivity contribution is -0.143. The van der Waals surface area contributed by atoms with Gasteiger partial charge in [-0.1, -0.05) is 0 Å². The fourth-order valence-electron chi connectivity index (χ4n) is 2.37. The van der Waals surface area contributed by atoms with Gasteiger partial charge < -0.3 is 10.1 Å². The highest BCUT2D eigenvalue weighted by atomic mass is 32.1. The van der Waals surface area contributed by atoms with Gasteiger partial charge in [0.25, 0.3) is 0 Å². The van der Waals surface area contributed by atoms with E-state index in [-0.39, 0.29) is 35.5 Å². The van der Waals surface area contributed by atoms with Crippen LogP contribution in [0.25, 0.3) is 0 Å². The third-order valence-corrected chi connectivity index (χ3v) is 4.99. The molecule has 0 spiro atoms. The molecule has 0 fully saturated rings. The molecule has 0 bridgehead atoms. The lowest BCUT2D eigenvalue weighted by atomic mass is 10.0. The molecule has 1 N–H and O–H groups in total. The zero-order chi connectivity index (χ0) is 23.6. The van der Waals surface area contributed by atoms with E-state index in [0.29, 0.717) is 4.88 Å². The third-order valence-electron chi connectivity index (χ3n) is 3.89. The summed E-state index contributed by atoms with van der Waals surface area (Å²) in [5.74, 6) is -2.49. The number of ether oxygens (including phenoxy) is 1. The summed E-state index contributed by atoms with van der Waals surface area (Å²) in [4.78, 5) is 36.3. The molecule has 1 atom stereocenters. The maximum absolute atomic E-state index is 12.9. The molecule has 1 unspecified atom stereocenters. The first-order valence-corrected chi connectivity index (χ1v) is 9.38. The maximum Gasteiger partial charge on any atom is 0.416 e. The van der Waals surface area contributed by atoms with Crippen molar-refractivity contribution in [3.8, 4) is 0 Å². The first-order valence-electron chi connectivity index (χ1n) is 8.56. The molecule has 168 valence electrons. The van der Waals surface area contributed by atoms with E-state index in [2.05, 4.69) is 5.32 Å². The number of rotatable bonds is 6. The molecular weight excluding hydrogens is 452 g/mol. The number of nitrogens with one attached hydrogen (secondary N) is 1. The van der Waals surface area contributed by atoms with Gasteiger partial charge in [-0.05, 0) is 37.3 Å². The molecule has 31 heavy (non-hydrogen) atoms. The number of hydrogen-bond donors (Lipinski definition) is 1. The van der Waals surface area contributed by atoms with E-state index in [1.807, 2.05) is 0 Å². The Balaban J connectivity index is 2.20. The van der Waals surface area contributed by atoms with Crippen LogP contribution in [0.5, 0.6) is 0 Å². The Morgan fingerprint density at radius 1 is 1.00 bits per heavy atom. The van der Waals surface area contributed by atoms with E-state index < -0.39 is 46.9 Å². The van der Waals surface area contributed by atoms with Crippen molar-refractivity contribution in [2.75, 3.05) is 0 Å². The first kappa shape index (κ1) is 24.4. The van der Waals surface area contributed by atoms with Gasteiger partial charge >= 0.3 is 18.3 Å². The summed E-state index contributed by atoms with van der Waals surface area (Å²) in [6.45, 7) is 2.61. The van der Waals surface area contributed by atoms with Crippen LogP contribution in [0.1, 0.15) is 49.9 Å². The van der Waals surface area contributed by atoms with Crippen molar-refractivity contribution in [3.63, 3.8) is 0 Å². The van der Waals surface area contributed by atoms with E-state index in [0.717, 1.165) is 18.3 Å². The molecule has 0 saturated heterocycles. The zero-order valence-corrected chi connectivity index (χ0v) is 16.8. The number of ketones is 1. The molecule has 0 radical (unpaired) electrons. The normalized spacial score (nSPS) is 12.9. The van der Waals surface area contributed by atoms with Crippen LogP contribution >= 0.6 is 11.3 Å². The van der Waals surface area contributed by atoms with E-state index in [9.17, 15) is 40.7 Å². The van der Waals surface area contributed by atoms with Crippen LogP contribution < -0.4 is 5.32 Å². The summed E-state index contributed by atoms with van der Waals surface area (Å²) in [7, 11) is 0. The van der Waals surface area contributed by atoms with Gasteiger partial charge in [0.05, 0.1) is 28.1 Å². The molecular formula is C19H15F6NO4S. The second kappa shape index (κ2) is 9.08. The monoisotopic (exact) mass is 467 g/mol. The summed E-state index contributed by atoms with van der Waals surface area (Å²) in [5, 5.41) is 2.52. The average Bonchev–Trinajstić information content (AvgIpc) is 3.12. The molecule has 1 heterocycles. The number of esters is 1. The maximum atomic E-state index is 12.9. The van der Waals surface area contributed by atoms with Crippen LogP contribution in [-0.2, 0) is 28.4 Å². The van der Waals surface area contributed by atoms with Crippen LogP contribution in [-0.4, -0.2) is 23.8 Å². The van der Waals surface area contributed by atoms with E-state index in [4.69, 9.17) is 4.74 Å².